The molecule has 2 aliphatic heterocycles. The smallest absolute Gasteiger partial charge is 0.261 e. The fourth-order valence-electron chi connectivity index (χ4n) is 8.26. The molecule has 0 radical (unpaired) electrons. The third-order valence-corrected chi connectivity index (χ3v) is 11.9. The molecule has 2 aliphatic rings. The molecular formula is C40H36N4O4S2. The standard InChI is InChI=1S/C40H36N4O4S2/c1-5-9-11-21(7-3)43-37(45)25-15-13-23-31-24(14-16-26(32(25)31)38(43)46)35-30(50-20-42)18-28-33-27(17-29(49-19-41)34(23)36(33)35)39(47)44(40(28)48)22(8-4)12-10-6-2/h13-18,21-22H,5-12H2,1-4H3. The molecule has 0 spiro atoms. The van der Waals surface area contributed by atoms with E-state index in [9.17, 15) is 29.7 Å². The van der Waals surface area contributed by atoms with Gasteiger partial charge in [-0.1, -0.05) is 65.5 Å². The molecule has 2 atom stereocenters. The SMILES string of the molecule is CCCCC(CC)N1C(=O)c2ccc3c4c(SC#N)cc5c6c(cc(SC#N)c(c7ccc(c2c37)C1=O)c64)C(=O)N(C(CC)CCCC)C5=O. The molecule has 8 nitrogen and oxygen atoms in total. The monoisotopic (exact) mass is 700 g/mol. The van der Waals surface area contributed by atoms with Crippen molar-refractivity contribution < 1.29 is 19.2 Å². The van der Waals surface area contributed by atoms with Gasteiger partial charge in [0.15, 0.2) is 0 Å². The van der Waals surface area contributed by atoms with Gasteiger partial charge in [-0.05, 0) is 89.6 Å². The Morgan fingerprint density at radius 1 is 0.560 bits per heavy atom. The van der Waals surface area contributed by atoms with E-state index in [1.165, 1.54) is 9.80 Å². The van der Waals surface area contributed by atoms with Crippen molar-refractivity contribution in [3.8, 4) is 10.8 Å². The minimum Gasteiger partial charge on any atom is -0.271 e. The molecule has 50 heavy (non-hydrogen) atoms. The highest BCUT2D eigenvalue weighted by atomic mass is 32.2. The normalized spacial score (nSPS) is 15.5. The van der Waals surface area contributed by atoms with E-state index in [-0.39, 0.29) is 35.7 Å². The third kappa shape index (κ3) is 4.80. The largest absolute Gasteiger partial charge is 0.271 e. The van der Waals surface area contributed by atoms with Gasteiger partial charge in [0.05, 0.1) is 0 Å². The maximum absolute atomic E-state index is 14.4. The van der Waals surface area contributed by atoms with Crippen molar-refractivity contribution in [3.63, 3.8) is 0 Å². The van der Waals surface area contributed by atoms with Crippen LogP contribution in [0.15, 0.2) is 46.2 Å². The molecule has 0 aromatic heterocycles. The minimum absolute atomic E-state index is 0.219. The first-order valence-corrected chi connectivity index (χ1v) is 19.1. The lowest BCUT2D eigenvalue weighted by Gasteiger charge is -2.35. The molecule has 0 bridgehead atoms. The van der Waals surface area contributed by atoms with Crippen LogP contribution < -0.4 is 0 Å². The highest BCUT2D eigenvalue weighted by molar-refractivity contribution is 8.04. The molecule has 0 saturated heterocycles. The van der Waals surface area contributed by atoms with Gasteiger partial charge >= 0.3 is 0 Å². The van der Waals surface area contributed by atoms with Crippen molar-refractivity contribution in [1.29, 1.82) is 10.5 Å². The summed E-state index contributed by atoms with van der Waals surface area (Å²) in [5.74, 6) is -1.42. The number of thiocyanates is 2. The Hall–Kier alpha value is -4.64. The number of thioether (sulfide) groups is 2. The first-order valence-electron chi connectivity index (χ1n) is 17.4. The van der Waals surface area contributed by atoms with E-state index in [1.54, 1.807) is 24.3 Å². The second-order valence-corrected chi connectivity index (χ2v) is 14.8. The van der Waals surface area contributed by atoms with E-state index in [1.807, 2.05) is 26.0 Å². The van der Waals surface area contributed by atoms with Crippen LogP contribution in [0.4, 0.5) is 0 Å². The Labute approximate surface area is 299 Å². The molecule has 5 aromatic rings. The maximum Gasteiger partial charge on any atom is 0.261 e. The van der Waals surface area contributed by atoms with Gasteiger partial charge in [-0.2, -0.15) is 10.5 Å². The zero-order valence-electron chi connectivity index (χ0n) is 28.5. The summed E-state index contributed by atoms with van der Waals surface area (Å²) in [4.78, 5) is 61.0. The van der Waals surface area contributed by atoms with E-state index >= 15 is 0 Å². The second-order valence-electron chi connectivity index (χ2n) is 13.2. The number of hydrogen-bond acceptors (Lipinski definition) is 8. The van der Waals surface area contributed by atoms with Crippen molar-refractivity contribution >= 4 is 90.2 Å². The first kappa shape index (κ1) is 33.8. The fourth-order valence-corrected chi connectivity index (χ4v) is 9.44. The Bertz CT molecular complexity index is 2230. The minimum atomic E-state index is -0.385. The highest BCUT2D eigenvalue weighted by Crippen LogP contribution is 2.52. The molecule has 5 aromatic carbocycles. The average Bonchev–Trinajstić information content (AvgIpc) is 3.12. The Kier molecular flexibility index (Phi) is 8.96. The lowest BCUT2D eigenvalue weighted by Crippen LogP contribution is -2.47. The van der Waals surface area contributed by atoms with Crippen LogP contribution in [0, 0.1) is 21.3 Å². The van der Waals surface area contributed by atoms with Crippen LogP contribution in [-0.2, 0) is 0 Å². The molecule has 252 valence electrons. The van der Waals surface area contributed by atoms with Crippen LogP contribution in [-0.4, -0.2) is 45.5 Å². The number of hydrogen-bond donors (Lipinski definition) is 0. The van der Waals surface area contributed by atoms with Gasteiger partial charge in [0.1, 0.15) is 10.8 Å². The van der Waals surface area contributed by atoms with Crippen molar-refractivity contribution in [1.82, 2.24) is 9.80 Å². The van der Waals surface area contributed by atoms with Crippen molar-refractivity contribution in [2.45, 2.75) is 101 Å². The number of benzene rings is 5. The molecule has 0 N–H and O–H groups in total. The number of carbonyl (C=O) groups is 4. The average molecular weight is 701 g/mol. The van der Waals surface area contributed by atoms with Gasteiger partial charge in [0, 0.05) is 71.1 Å². The Balaban J connectivity index is 1.59. The first-order chi connectivity index (χ1) is 24.3. The summed E-state index contributed by atoms with van der Waals surface area (Å²) >= 11 is 1.87. The second kappa shape index (κ2) is 13.2. The van der Waals surface area contributed by atoms with E-state index in [0.717, 1.165) is 55.6 Å². The lowest BCUT2D eigenvalue weighted by atomic mass is 9.81. The maximum atomic E-state index is 14.4. The topological polar surface area (TPSA) is 122 Å². The van der Waals surface area contributed by atoms with Gasteiger partial charge in [-0.25, -0.2) is 0 Å². The third-order valence-electron chi connectivity index (χ3n) is 10.6. The molecular weight excluding hydrogens is 665 g/mol. The predicted molar refractivity (Wildman–Crippen MR) is 199 cm³/mol. The summed E-state index contributed by atoms with van der Waals surface area (Å²) < 4.78 is 0. The van der Waals surface area contributed by atoms with Crippen molar-refractivity contribution in [2.75, 3.05) is 0 Å². The van der Waals surface area contributed by atoms with Crippen molar-refractivity contribution in [3.05, 3.63) is 58.7 Å². The van der Waals surface area contributed by atoms with Crippen LogP contribution in [0.25, 0.3) is 43.1 Å². The number of carbonyl (C=O) groups excluding carboxylic acids is 4. The lowest BCUT2D eigenvalue weighted by molar-refractivity contribution is 0.0508. The fraction of sp³-hybridized carbons (Fsp3) is 0.350. The number of rotatable bonds is 12. The van der Waals surface area contributed by atoms with Gasteiger partial charge in [0.25, 0.3) is 23.6 Å². The Morgan fingerprint density at radius 3 is 1.34 bits per heavy atom. The number of nitriles is 2. The van der Waals surface area contributed by atoms with Crippen LogP contribution in [0.5, 0.6) is 0 Å². The summed E-state index contributed by atoms with van der Waals surface area (Å²) in [5, 5.41) is 29.6. The van der Waals surface area contributed by atoms with Crippen LogP contribution >= 0.6 is 23.5 Å². The molecule has 2 heterocycles. The zero-order chi connectivity index (χ0) is 35.4. The quantitative estimate of drug-likeness (QED) is 0.0414. The predicted octanol–water partition coefficient (Wildman–Crippen LogP) is 10.0. The van der Waals surface area contributed by atoms with Gasteiger partial charge in [-0.15, -0.1) is 0 Å². The van der Waals surface area contributed by atoms with Crippen LogP contribution in [0.1, 0.15) is 120 Å². The van der Waals surface area contributed by atoms with E-state index in [4.69, 9.17) is 0 Å². The highest BCUT2D eigenvalue weighted by Gasteiger charge is 2.41. The summed E-state index contributed by atoms with van der Waals surface area (Å²) in [5.41, 5.74) is 1.58. The number of unbranched alkanes of at least 4 members (excludes halogenated alkanes) is 2. The number of nitrogens with zero attached hydrogens (tertiary/aromatic N) is 4. The number of amides is 4. The van der Waals surface area contributed by atoms with Gasteiger partial charge in [0.2, 0.25) is 0 Å². The van der Waals surface area contributed by atoms with E-state index in [0.29, 0.717) is 94.4 Å². The summed E-state index contributed by atoms with van der Waals surface area (Å²) in [6.45, 7) is 8.13. The van der Waals surface area contributed by atoms with Crippen molar-refractivity contribution in [2.24, 2.45) is 0 Å². The van der Waals surface area contributed by atoms with Gasteiger partial charge in [-0.3, -0.25) is 29.0 Å². The molecule has 4 amide bonds. The van der Waals surface area contributed by atoms with E-state index < -0.39 is 0 Å². The summed E-state index contributed by atoms with van der Waals surface area (Å²) in [7, 11) is 0. The zero-order valence-corrected chi connectivity index (χ0v) is 30.1. The molecule has 0 fully saturated rings. The summed E-state index contributed by atoms with van der Waals surface area (Å²) in [6, 6.07) is 10.2. The summed E-state index contributed by atoms with van der Waals surface area (Å²) in [6.07, 6.45) is 6.34. The molecule has 0 saturated carbocycles. The van der Waals surface area contributed by atoms with Crippen LogP contribution in [0.2, 0.25) is 0 Å². The van der Waals surface area contributed by atoms with E-state index in [2.05, 4.69) is 24.6 Å². The number of fused-ring (bicyclic) bond motifs is 2. The van der Waals surface area contributed by atoms with Crippen LogP contribution in [0.3, 0.4) is 0 Å². The van der Waals surface area contributed by atoms with Gasteiger partial charge < -0.3 is 0 Å². The molecule has 2 unspecified atom stereocenters. The molecule has 10 heteroatoms. The molecule has 0 aliphatic carbocycles. The number of imide groups is 2. The Morgan fingerprint density at radius 2 is 0.960 bits per heavy atom. The molecule has 7 rings (SSSR count).